The Kier molecular flexibility index (Phi) is 5.37. The van der Waals surface area contributed by atoms with Gasteiger partial charge in [0.1, 0.15) is 0 Å². The van der Waals surface area contributed by atoms with Crippen LogP contribution in [-0.2, 0) is 22.6 Å². The lowest BCUT2D eigenvalue weighted by Gasteiger charge is -2.31. The van der Waals surface area contributed by atoms with Crippen molar-refractivity contribution >= 4 is 22.7 Å². The van der Waals surface area contributed by atoms with Crippen molar-refractivity contribution in [3.63, 3.8) is 0 Å². The number of likely N-dealkylation sites (tertiary alicyclic amines) is 1. The van der Waals surface area contributed by atoms with Crippen molar-refractivity contribution in [1.82, 2.24) is 20.2 Å². The Hall–Kier alpha value is -3.15. The summed E-state index contributed by atoms with van der Waals surface area (Å²) >= 11 is 0. The van der Waals surface area contributed by atoms with Gasteiger partial charge >= 0.3 is 0 Å². The lowest BCUT2D eigenvalue weighted by Crippen LogP contribution is -2.43. The Morgan fingerprint density at radius 2 is 1.86 bits per heavy atom. The molecule has 1 aliphatic heterocycles. The minimum atomic E-state index is -0.0287. The summed E-state index contributed by atoms with van der Waals surface area (Å²) in [5.41, 5.74) is 3.11. The lowest BCUT2D eigenvalue weighted by molar-refractivity contribution is -0.135. The normalized spacial score (nSPS) is 14.9. The van der Waals surface area contributed by atoms with E-state index in [4.69, 9.17) is 0 Å². The molecule has 3 aromatic rings. The molecule has 0 unspecified atom stereocenters. The van der Waals surface area contributed by atoms with Crippen LogP contribution in [0, 0.1) is 5.92 Å². The monoisotopic (exact) mass is 376 g/mol. The van der Waals surface area contributed by atoms with E-state index in [1.165, 1.54) is 0 Å². The first kappa shape index (κ1) is 18.2. The Balaban J connectivity index is 1.27. The summed E-state index contributed by atoms with van der Waals surface area (Å²) in [5.74, 6) is 0.167. The van der Waals surface area contributed by atoms with Crippen molar-refractivity contribution in [2.45, 2.75) is 25.8 Å². The van der Waals surface area contributed by atoms with Gasteiger partial charge in [-0.2, -0.15) is 0 Å². The van der Waals surface area contributed by atoms with Gasteiger partial charge in [0.05, 0.1) is 6.42 Å². The minimum absolute atomic E-state index is 0.0287. The number of aromatic amines is 1. The van der Waals surface area contributed by atoms with Crippen molar-refractivity contribution in [1.29, 1.82) is 0 Å². The van der Waals surface area contributed by atoms with Crippen LogP contribution < -0.4 is 5.32 Å². The largest absolute Gasteiger partial charge is 0.361 e. The number of nitrogens with one attached hydrogen (secondary N) is 2. The molecule has 28 heavy (non-hydrogen) atoms. The van der Waals surface area contributed by atoms with E-state index in [-0.39, 0.29) is 17.7 Å². The summed E-state index contributed by atoms with van der Waals surface area (Å²) in [6.07, 6.45) is 7.17. The molecule has 144 valence electrons. The van der Waals surface area contributed by atoms with Crippen molar-refractivity contribution < 1.29 is 9.59 Å². The number of nitrogens with zero attached hydrogens (tertiary/aromatic N) is 2. The molecule has 0 radical (unpaired) electrons. The van der Waals surface area contributed by atoms with Crippen LogP contribution in [0.5, 0.6) is 0 Å². The number of para-hydroxylation sites is 1. The van der Waals surface area contributed by atoms with E-state index < -0.39 is 0 Å². The number of H-pyrrole nitrogens is 1. The number of piperidine rings is 1. The first-order valence-corrected chi connectivity index (χ1v) is 9.70. The predicted molar refractivity (Wildman–Crippen MR) is 107 cm³/mol. The second-order valence-corrected chi connectivity index (χ2v) is 7.26. The van der Waals surface area contributed by atoms with Gasteiger partial charge in [0, 0.05) is 55.0 Å². The molecular formula is C22H24N4O2. The maximum absolute atomic E-state index is 12.7. The molecule has 3 heterocycles. The summed E-state index contributed by atoms with van der Waals surface area (Å²) in [6.45, 7) is 1.78. The van der Waals surface area contributed by atoms with E-state index in [1.807, 2.05) is 47.5 Å². The molecule has 1 saturated heterocycles. The molecular weight excluding hydrogens is 352 g/mol. The molecule has 4 rings (SSSR count). The third-order valence-electron chi connectivity index (χ3n) is 5.45. The lowest BCUT2D eigenvalue weighted by atomic mass is 9.95. The fourth-order valence-electron chi connectivity index (χ4n) is 3.78. The van der Waals surface area contributed by atoms with Crippen LogP contribution in [0.4, 0.5) is 0 Å². The van der Waals surface area contributed by atoms with E-state index in [1.54, 1.807) is 12.4 Å². The van der Waals surface area contributed by atoms with Crippen LogP contribution in [0.1, 0.15) is 24.0 Å². The quantitative estimate of drug-likeness (QED) is 0.719. The first-order chi connectivity index (χ1) is 13.7. The Bertz CT molecular complexity index is 959. The molecule has 2 aromatic heterocycles. The molecule has 1 aliphatic rings. The van der Waals surface area contributed by atoms with Crippen LogP contribution in [0.15, 0.2) is 55.0 Å². The van der Waals surface area contributed by atoms with Gasteiger partial charge < -0.3 is 15.2 Å². The van der Waals surface area contributed by atoms with Crippen molar-refractivity contribution in [3.05, 3.63) is 66.1 Å². The average Bonchev–Trinajstić information content (AvgIpc) is 3.16. The Labute approximate surface area is 164 Å². The van der Waals surface area contributed by atoms with Crippen molar-refractivity contribution in [2.75, 3.05) is 13.1 Å². The number of carbonyl (C=O) groups is 2. The number of benzene rings is 1. The zero-order valence-corrected chi connectivity index (χ0v) is 15.7. The third-order valence-corrected chi connectivity index (χ3v) is 5.45. The van der Waals surface area contributed by atoms with Crippen LogP contribution in [0.25, 0.3) is 10.9 Å². The summed E-state index contributed by atoms with van der Waals surface area (Å²) in [5, 5.41) is 4.09. The fourth-order valence-corrected chi connectivity index (χ4v) is 3.78. The molecule has 0 saturated carbocycles. The fraction of sp³-hybridized carbons (Fsp3) is 0.318. The maximum atomic E-state index is 12.7. The van der Waals surface area contributed by atoms with Crippen LogP contribution in [-0.4, -0.2) is 39.8 Å². The molecule has 6 heteroatoms. The van der Waals surface area contributed by atoms with E-state index in [2.05, 4.69) is 15.3 Å². The van der Waals surface area contributed by atoms with Gasteiger partial charge in [-0.1, -0.05) is 18.2 Å². The van der Waals surface area contributed by atoms with E-state index in [9.17, 15) is 9.59 Å². The number of rotatable bonds is 5. The van der Waals surface area contributed by atoms with Crippen molar-refractivity contribution in [3.8, 4) is 0 Å². The highest BCUT2D eigenvalue weighted by molar-refractivity contribution is 5.89. The number of fused-ring (bicyclic) bond motifs is 1. The zero-order valence-electron chi connectivity index (χ0n) is 15.7. The van der Waals surface area contributed by atoms with E-state index >= 15 is 0 Å². The summed E-state index contributed by atoms with van der Waals surface area (Å²) in [4.78, 5) is 34.2. The second-order valence-electron chi connectivity index (χ2n) is 7.26. The smallest absolute Gasteiger partial charge is 0.227 e. The summed E-state index contributed by atoms with van der Waals surface area (Å²) < 4.78 is 0. The highest BCUT2D eigenvalue weighted by Gasteiger charge is 2.27. The van der Waals surface area contributed by atoms with Gasteiger partial charge in [-0.25, -0.2) is 0 Å². The van der Waals surface area contributed by atoms with Gasteiger partial charge in [-0.15, -0.1) is 0 Å². The first-order valence-electron chi connectivity index (χ1n) is 9.70. The van der Waals surface area contributed by atoms with Gasteiger partial charge in [-0.05, 0) is 42.2 Å². The highest BCUT2D eigenvalue weighted by atomic mass is 16.2. The SMILES string of the molecule is O=C(NCc1ccncc1)C1CCN(C(=O)Cc2c[nH]c3ccccc23)CC1. The predicted octanol–water partition coefficient (Wildman–Crippen LogP) is 2.66. The minimum Gasteiger partial charge on any atom is -0.361 e. The van der Waals surface area contributed by atoms with E-state index in [0.29, 0.717) is 38.9 Å². The highest BCUT2D eigenvalue weighted by Crippen LogP contribution is 2.21. The standard InChI is InChI=1S/C22H24N4O2/c27-21(13-18-15-24-20-4-2-1-3-19(18)20)26-11-7-17(8-12-26)22(28)25-14-16-5-9-23-10-6-16/h1-6,9-10,15,17,24H,7-8,11-14H2,(H,25,28). The average molecular weight is 376 g/mol. The van der Waals surface area contributed by atoms with Gasteiger partial charge in [0.25, 0.3) is 0 Å². The van der Waals surface area contributed by atoms with Gasteiger partial charge in [0.15, 0.2) is 0 Å². The number of pyridine rings is 1. The molecule has 6 nitrogen and oxygen atoms in total. The maximum Gasteiger partial charge on any atom is 0.227 e. The van der Waals surface area contributed by atoms with Gasteiger partial charge in [-0.3, -0.25) is 14.6 Å². The van der Waals surface area contributed by atoms with E-state index in [0.717, 1.165) is 22.0 Å². The summed E-state index contributed by atoms with van der Waals surface area (Å²) in [7, 11) is 0. The van der Waals surface area contributed by atoms with Crippen molar-refractivity contribution in [2.24, 2.45) is 5.92 Å². The molecule has 2 N–H and O–H groups in total. The molecule has 0 aliphatic carbocycles. The number of aromatic nitrogens is 2. The van der Waals surface area contributed by atoms with Crippen LogP contribution in [0.2, 0.25) is 0 Å². The van der Waals surface area contributed by atoms with Crippen LogP contribution in [0.3, 0.4) is 0 Å². The molecule has 0 spiro atoms. The topological polar surface area (TPSA) is 78.1 Å². The molecule has 1 aromatic carbocycles. The zero-order chi connectivity index (χ0) is 19.3. The number of hydrogen-bond acceptors (Lipinski definition) is 3. The van der Waals surface area contributed by atoms with Crippen LogP contribution >= 0.6 is 0 Å². The Morgan fingerprint density at radius 3 is 2.64 bits per heavy atom. The summed E-state index contributed by atoms with van der Waals surface area (Å²) in [6, 6.07) is 11.8. The van der Waals surface area contributed by atoms with Gasteiger partial charge in [0.2, 0.25) is 11.8 Å². The molecule has 0 atom stereocenters. The second kappa shape index (κ2) is 8.25. The molecule has 2 amide bonds. The third kappa shape index (κ3) is 4.06. The number of hydrogen-bond donors (Lipinski definition) is 2. The molecule has 1 fully saturated rings. The Morgan fingerprint density at radius 1 is 1.11 bits per heavy atom. The number of amides is 2. The number of carbonyl (C=O) groups excluding carboxylic acids is 2. The molecule has 0 bridgehead atoms.